The Bertz CT molecular complexity index is 1150. The fourth-order valence-corrected chi connectivity index (χ4v) is 5.43. The molecule has 0 spiro atoms. The predicted molar refractivity (Wildman–Crippen MR) is 127 cm³/mol. The number of rotatable bonds is 9. The molecule has 0 aliphatic heterocycles. The first-order chi connectivity index (χ1) is 16.2. The van der Waals surface area contributed by atoms with E-state index in [1.165, 1.54) is 31.2 Å². The number of carbonyl (C=O) groups excluding carboxylic acids is 2. The van der Waals surface area contributed by atoms with Crippen LogP contribution in [0.5, 0.6) is 0 Å². The van der Waals surface area contributed by atoms with Crippen LogP contribution in [0.4, 0.5) is 13.6 Å². The highest BCUT2D eigenvalue weighted by Crippen LogP contribution is 2.37. The van der Waals surface area contributed by atoms with Crippen LogP contribution in [-0.2, 0) is 24.1 Å². The number of nitrogens with one attached hydrogen (secondary N) is 1. The lowest BCUT2D eigenvalue weighted by molar-refractivity contribution is -0.154. The van der Waals surface area contributed by atoms with E-state index in [4.69, 9.17) is 21.1 Å². The zero-order valence-corrected chi connectivity index (χ0v) is 21.4. The number of benzene rings is 2. The second kappa shape index (κ2) is 11.8. The normalized spacial score (nSPS) is 13.6. The van der Waals surface area contributed by atoms with Crippen molar-refractivity contribution in [2.45, 2.75) is 49.9 Å². The second-order valence-electron chi connectivity index (χ2n) is 8.92. The van der Waals surface area contributed by atoms with E-state index in [1.54, 1.807) is 20.8 Å². The fourth-order valence-electron chi connectivity index (χ4n) is 3.29. The van der Waals surface area contributed by atoms with Gasteiger partial charge in [-0.2, -0.15) is 0 Å². The first-order valence-electron chi connectivity index (χ1n) is 10.8. The molecule has 2 rings (SSSR count). The maximum Gasteiger partial charge on any atom is 0.407 e. The number of amides is 1. The summed E-state index contributed by atoms with van der Waals surface area (Å²) in [7, 11) is -4.24. The smallest absolute Gasteiger partial charge is 0.407 e. The summed E-state index contributed by atoms with van der Waals surface area (Å²) in [5.41, 5.74) is -1.05. The van der Waals surface area contributed by atoms with Crippen LogP contribution in [0.3, 0.4) is 0 Å². The van der Waals surface area contributed by atoms with E-state index in [0.29, 0.717) is 5.02 Å². The third-order valence-corrected chi connectivity index (χ3v) is 7.32. The third kappa shape index (κ3) is 8.47. The van der Waals surface area contributed by atoms with Crippen molar-refractivity contribution in [1.29, 1.82) is 0 Å². The minimum Gasteiger partial charge on any atom is -0.460 e. The van der Waals surface area contributed by atoms with Crippen molar-refractivity contribution in [1.82, 2.24) is 5.32 Å². The fraction of sp³-hybridized carbons (Fsp3) is 0.417. The molecule has 0 aromatic heterocycles. The van der Waals surface area contributed by atoms with Gasteiger partial charge in [0.2, 0.25) is 0 Å². The molecule has 2 aromatic carbocycles. The van der Waals surface area contributed by atoms with Crippen molar-refractivity contribution >= 4 is 33.5 Å². The van der Waals surface area contributed by atoms with Crippen LogP contribution >= 0.6 is 11.6 Å². The predicted octanol–water partition coefficient (Wildman–Crippen LogP) is 5.23. The lowest BCUT2D eigenvalue weighted by Gasteiger charge is -2.25. The third-order valence-electron chi connectivity index (χ3n) is 4.75. The molecule has 2 aromatic rings. The molecule has 2 atom stereocenters. The standard InChI is InChI=1S/C24H28ClF2NO6S/c1-15(14-33-23(30)28-12-11-21(29)34-24(2,3)4)22(19-13-17(26)7-10-20(19)27)35(31,32)18-8-5-16(25)6-9-18/h5-10,13,15,22H,11-12,14H2,1-4H3,(H,28,30)/t15-,22+/m1/s1. The molecule has 0 heterocycles. The largest absolute Gasteiger partial charge is 0.460 e. The summed E-state index contributed by atoms with van der Waals surface area (Å²) in [5, 5.41) is 1.11. The lowest BCUT2D eigenvalue weighted by atomic mass is 10.0. The summed E-state index contributed by atoms with van der Waals surface area (Å²) in [4.78, 5) is 23.6. The highest BCUT2D eigenvalue weighted by Gasteiger charge is 2.37. The van der Waals surface area contributed by atoms with E-state index < -0.39 is 56.9 Å². The molecular weight excluding hydrogens is 504 g/mol. The molecule has 1 amide bonds. The molecule has 0 saturated heterocycles. The average molecular weight is 532 g/mol. The van der Waals surface area contributed by atoms with E-state index in [0.717, 1.165) is 18.2 Å². The van der Waals surface area contributed by atoms with E-state index >= 15 is 0 Å². The molecule has 0 aliphatic rings. The minimum atomic E-state index is -4.24. The van der Waals surface area contributed by atoms with E-state index in [9.17, 15) is 26.8 Å². The number of carbonyl (C=O) groups is 2. The van der Waals surface area contributed by atoms with E-state index in [-0.39, 0.29) is 23.4 Å². The Kier molecular flexibility index (Phi) is 9.62. The van der Waals surface area contributed by atoms with Crippen LogP contribution in [0.1, 0.15) is 44.9 Å². The van der Waals surface area contributed by atoms with Crippen molar-refractivity contribution in [2.75, 3.05) is 13.2 Å². The number of hydrogen-bond donors (Lipinski definition) is 1. The van der Waals surface area contributed by atoms with Crippen LogP contribution in [0.25, 0.3) is 0 Å². The topological polar surface area (TPSA) is 98.8 Å². The molecule has 1 N–H and O–H groups in total. The van der Waals surface area contributed by atoms with E-state index in [2.05, 4.69) is 5.32 Å². The van der Waals surface area contributed by atoms with Crippen LogP contribution < -0.4 is 5.32 Å². The van der Waals surface area contributed by atoms with Gasteiger partial charge in [0.1, 0.15) is 17.2 Å². The zero-order valence-electron chi connectivity index (χ0n) is 19.8. The van der Waals surface area contributed by atoms with Gasteiger partial charge < -0.3 is 14.8 Å². The summed E-state index contributed by atoms with van der Waals surface area (Å²) >= 11 is 5.85. The molecule has 0 saturated carbocycles. The molecule has 0 aliphatic carbocycles. The SMILES string of the molecule is C[C@H](COC(=O)NCCC(=O)OC(C)(C)C)[C@@H](c1cc(F)ccc1F)S(=O)(=O)c1ccc(Cl)cc1. The molecule has 0 fully saturated rings. The Labute approximate surface area is 208 Å². The first kappa shape index (κ1) is 28.5. The van der Waals surface area contributed by atoms with Crippen LogP contribution in [0, 0.1) is 17.6 Å². The van der Waals surface area contributed by atoms with Crippen LogP contribution in [-0.4, -0.2) is 39.2 Å². The van der Waals surface area contributed by atoms with Gasteiger partial charge in [-0.05, 0) is 63.2 Å². The van der Waals surface area contributed by atoms with E-state index in [1.807, 2.05) is 0 Å². The van der Waals surface area contributed by atoms with Gasteiger partial charge in [0.05, 0.1) is 23.2 Å². The highest BCUT2D eigenvalue weighted by atomic mass is 35.5. The molecule has 11 heteroatoms. The van der Waals surface area contributed by atoms with Crippen molar-refractivity contribution < 1.29 is 36.3 Å². The van der Waals surface area contributed by atoms with Crippen LogP contribution in [0.15, 0.2) is 47.4 Å². The zero-order chi connectivity index (χ0) is 26.4. The summed E-state index contributed by atoms with van der Waals surface area (Å²) in [6.45, 7) is 6.09. The van der Waals surface area contributed by atoms with Crippen LogP contribution in [0.2, 0.25) is 5.02 Å². The number of sulfone groups is 1. The molecule has 192 valence electrons. The number of esters is 1. The highest BCUT2D eigenvalue weighted by molar-refractivity contribution is 7.91. The summed E-state index contributed by atoms with van der Waals surface area (Å²) < 4.78 is 65.6. The lowest BCUT2D eigenvalue weighted by Crippen LogP contribution is -2.32. The molecule has 0 unspecified atom stereocenters. The van der Waals surface area contributed by atoms with Gasteiger partial charge >= 0.3 is 12.1 Å². The maximum atomic E-state index is 14.6. The average Bonchev–Trinajstić information content (AvgIpc) is 2.73. The number of halogens is 3. The van der Waals surface area contributed by atoms with Crippen molar-refractivity contribution in [3.8, 4) is 0 Å². The number of alkyl carbamates (subject to hydrolysis) is 1. The summed E-state index contributed by atoms with van der Waals surface area (Å²) in [6.07, 6.45) is -0.993. The van der Waals surface area contributed by atoms with Crippen molar-refractivity contribution in [2.24, 2.45) is 5.92 Å². The van der Waals surface area contributed by atoms with Gasteiger partial charge in [0.25, 0.3) is 0 Å². The molecule has 0 radical (unpaired) electrons. The molecular formula is C24H28ClF2NO6S. The van der Waals surface area contributed by atoms with Crippen molar-refractivity contribution in [3.05, 3.63) is 64.7 Å². The first-order valence-corrected chi connectivity index (χ1v) is 12.7. The summed E-state index contributed by atoms with van der Waals surface area (Å²) in [6, 6.07) is 7.79. The Balaban J connectivity index is 2.16. The van der Waals surface area contributed by atoms with Crippen molar-refractivity contribution in [3.63, 3.8) is 0 Å². The van der Waals surface area contributed by atoms with Gasteiger partial charge in [-0.25, -0.2) is 22.0 Å². The second-order valence-corrected chi connectivity index (χ2v) is 11.4. The van der Waals surface area contributed by atoms with Gasteiger partial charge in [0, 0.05) is 23.0 Å². The van der Waals surface area contributed by atoms with Gasteiger partial charge in [-0.15, -0.1) is 0 Å². The quantitative estimate of drug-likeness (QED) is 0.445. The van der Waals surface area contributed by atoms with Gasteiger partial charge in [0.15, 0.2) is 9.84 Å². The Morgan fingerprint density at radius 1 is 1.09 bits per heavy atom. The number of ether oxygens (including phenoxy) is 2. The maximum absolute atomic E-state index is 14.6. The Hall–Kier alpha value is -2.72. The Morgan fingerprint density at radius 2 is 1.71 bits per heavy atom. The molecule has 7 nitrogen and oxygen atoms in total. The molecule has 35 heavy (non-hydrogen) atoms. The molecule has 0 bridgehead atoms. The van der Waals surface area contributed by atoms with Gasteiger partial charge in [-0.3, -0.25) is 4.79 Å². The van der Waals surface area contributed by atoms with Gasteiger partial charge in [-0.1, -0.05) is 18.5 Å². The summed E-state index contributed by atoms with van der Waals surface area (Å²) in [5.74, 6) is -3.21. The Morgan fingerprint density at radius 3 is 2.31 bits per heavy atom. The number of hydrogen-bond acceptors (Lipinski definition) is 6. The monoisotopic (exact) mass is 531 g/mol. The minimum absolute atomic E-state index is 0.0623.